The Balaban J connectivity index is 2.04. The van der Waals surface area contributed by atoms with Crippen LogP contribution in [0.15, 0.2) is 34.7 Å². The maximum absolute atomic E-state index is 12.5. The molecule has 1 aromatic carbocycles. The molecule has 0 unspecified atom stereocenters. The van der Waals surface area contributed by atoms with Crippen molar-refractivity contribution in [3.05, 3.63) is 35.3 Å². The molecular weight excluding hydrogens is 378 g/mol. The van der Waals surface area contributed by atoms with Crippen LogP contribution >= 0.6 is 11.3 Å². The van der Waals surface area contributed by atoms with Gasteiger partial charge in [-0.3, -0.25) is 14.9 Å². The van der Waals surface area contributed by atoms with Crippen LogP contribution in [0.4, 0.5) is 5.13 Å². The van der Waals surface area contributed by atoms with Gasteiger partial charge in [-0.2, -0.15) is 4.31 Å². The first-order valence-corrected chi connectivity index (χ1v) is 10.1. The van der Waals surface area contributed by atoms with Crippen molar-refractivity contribution in [2.24, 2.45) is 0 Å². The highest BCUT2D eigenvalue weighted by molar-refractivity contribution is 7.89. The molecule has 0 spiro atoms. The molecule has 2 N–H and O–H groups in total. The average molecular weight is 397 g/mol. The van der Waals surface area contributed by atoms with E-state index in [9.17, 15) is 18.0 Å². The van der Waals surface area contributed by atoms with Crippen molar-refractivity contribution in [2.75, 3.05) is 25.0 Å². The highest BCUT2D eigenvalue weighted by Crippen LogP contribution is 2.17. The quantitative estimate of drug-likeness (QED) is 0.684. The number of sulfonamides is 1. The summed E-state index contributed by atoms with van der Waals surface area (Å²) < 4.78 is 26.4. The molecule has 26 heavy (non-hydrogen) atoms. The number of nitrogens with zero attached hydrogens (tertiary/aromatic N) is 3. The number of carbonyl (C=O) groups excluding carboxylic acids is 2. The second-order valence-electron chi connectivity index (χ2n) is 5.09. The van der Waals surface area contributed by atoms with E-state index in [-0.39, 0.29) is 17.0 Å². The van der Waals surface area contributed by atoms with Gasteiger partial charge < -0.3 is 5.32 Å². The van der Waals surface area contributed by atoms with Crippen LogP contribution in [0.25, 0.3) is 0 Å². The number of benzene rings is 1. The molecule has 2 rings (SSSR count). The summed E-state index contributed by atoms with van der Waals surface area (Å²) >= 11 is 1.16. The fourth-order valence-corrected chi connectivity index (χ4v) is 4.13. The molecule has 0 atom stereocenters. The van der Waals surface area contributed by atoms with Crippen LogP contribution in [0.1, 0.15) is 24.2 Å². The molecule has 140 valence electrons. The standard InChI is InChI=1S/C15H19N5O4S2/c1-3-20(4-2)26(23,24)12-7-5-6-11(8-12)14(22)16-9-13(21)18-15-19-17-10-25-15/h5-8,10H,3-4,9H2,1-2H3,(H,16,22)(H,18,19,21). The summed E-state index contributed by atoms with van der Waals surface area (Å²) in [6, 6.07) is 5.71. The second kappa shape index (κ2) is 8.83. The number of rotatable bonds is 8. The molecule has 0 aliphatic rings. The fraction of sp³-hybridized carbons (Fsp3) is 0.333. The molecule has 2 amide bonds. The third-order valence-electron chi connectivity index (χ3n) is 3.46. The largest absolute Gasteiger partial charge is 0.343 e. The van der Waals surface area contributed by atoms with Gasteiger partial charge >= 0.3 is 0 Å². The molecule has 1 aromatic heterocycles. The summed E-state index contributed by atoms with van der Waals surface area (Å²) in [7, 11) is -3.66. The molecule has 0 aliphatic carbocycles. The number of carbonyl (C=O) groups is 2. The zero-order valence-corrected chi connectivity index (χ0v) is 15.9. The highest BCUT2D eigenvalue weighted by atomic mass is 32.2. The summed E-state index contributed by atoms with van der Waals surface area (Å²) in [5.74, 6) is -1.00. The molecule has 0 fully saturated rings. The lowest BCUT2D eigenvalue weighted by Gasteiger charge is -2.18. The number of amides is 2. The number of anilines is 1. The first-order chi connectivity index (χ1) is 12.4. The monoisotopic (exact) mass is 397 g/mol. The Morgan fingerprint density at radius 1 is 1.23 bits per heavy atom. The average Bonchev–Trinajstić information content (AvgIpc) is 3.13. The second-order valence-corrected chi connectivity index (χ2v) is 7.86. The van der Waals surface area contributed by atoms with Crippen LogP contribution in [0.3, 0.4) is 0 Å². The normalized spacial score (nSPS) is 11.3. The van der Waals surface area contributed by atoms with Gasteiger partial charge in [-0.15, -0.1) is 10.2 Å². The van der Waals surface area contributed by atoms with E-state index in [1.54, 1.807) is 13.8 Å². The maximum atomic E-state index is 12.5. The van der Waals surface area contributed by atoms with E-state index in [1.807, 2.05) is 0 Å². The number of hydrogen-bond acceptors (Lipinski definition) is 7. The van der Waals surface area contributed by atoms with Crippen LogP contribution in [0.2, 0.25) is 0 Å². The zero-order valence-electron chi connectivity index (χ0n) is 14.3. The zero-order chi connectivity index (χ0) is 19.2. The van der Waals surface area contributed by atoms with Crippen LogP contribution in [-0.4, -0.2) is 54.4 Å². The molecule has 0 radical (unpaired) electrons. The number of hydrogen-bond donors (Lipinski definition) is 2. The van der Waals surface area contributed by atoms with Crippen LogP contribution in [-0.2, 0) is 14.8 Å². The summed E-state index contributed by atoms with van der Waals surface area (Å²) in [4.78, 5) is 24.0. The third kappa shape index (κ3) is 4.84. The van der Waals surface area contributed by atoms with E-state index in [1.165, 1.54) is 34.1 Å². The van der Waals surface area contributed by atoms with Crippen LogP contribution in [0.5, 0.6) is 0 Å². The minimum atomic E-state index is -3.66. The SMILES string of the molecule is CCN(CC)S(=O)(=O)c1cccc(C(=O)NCC(=O)Nc2nncs2)c1. The summed E-state index contributed by atoms with van der Waals surface area (Å²) in [5.41, 5.74) is 1.62. The topological polar surface area (TPSA) is 121 Å². The lowest BCUT2D eigenvalue weighted by molar-refractivity contribution is -0.115. The van der Waals surface area contributed by atoms with Crippen molar-refractivity contribution < 1.29 is 18.0 Å². The first kappa shape index (κ1) is 19.9. The fourth-order valence-electron chi connectivity index (χ4n) is 2.16. The molecule has 2 aromatic rings. The van der Waals surface area contributed by atoms with E-state index >= 15 is 0 Å². The highest BCUT2D eigenvalue weighted by Gasteiger charge is 2.22. The lowest BCUT2D eigenvalue weighted by atomic mass is 10.2. The Labute approximate surface area is 155 Å². The molecule has 0 bridgehead atoms. The third-order valence-corrected chi connectivity index (χ3v) is 6.11. The van der Waals surface area contributed by atoms with Crippen molar-refractivity contribution in [1.29, 1.82) is 0 Å². The van der Waals surface area contributed by atoms with E-state index in [4.69, 9.17) is 0 Å². The molecule has 1 heterocycles. The van der Waals surface area contributed by atoms with Gasteiger partial charge in [0, 0.05) is 18.7 Å². The van der Waals surface area contributed by atoms with Crippen molar-refractivity contribution in [1.82, 2.24) is 19.8 Å². The van der Waals surface area contributed by atoms with Crippen molar-refractivity contribution in [3.63, 3.8) is 0 Å². The van der Waals surface area contributed by atoms with Gasteiger partial charge in [-0.05, 0) is 18.2 Å². The molecule has 0 saturated carbocycles. The van der Waals surface area contributed by atoms with Gasteiger partial charge in [0.05, 0.1) is 11.4 Å². The van der Waals surface area contributed by atoms with Gasteiger partial charge in [0.25, 0.3) is 5.91 Å². The molecule has 0 saturated heterocycles. The van der Waals surface area contributed by atoms with E-state index in [2.05, 4.69) is 20.8 Å². The Kier molecular flexibility index (Phi) is 6.77. The Bertz CT molecular complexity index is 864. The maximum Gasteiger partial charge on any atom is 0.251 e. The summed E-state index contributed by atoms with van der Waals surface area (Å²) in [5, 5.41) is 12.5. The van der Waals surface area contributed by atoms with Gasteiger partial charge in [-0.25, -0.2) is 8.42 Å². The van der Waals surface area contributed by atoms with Gasteiger partial charge in [0.2, 0.25) is 21.1 Å². The molecule has 9 nitrogen and oxygen atoms in total. The van der Waals surface area contributed by atoms with E-state index in [0.29, 0.717) is 18.2 Å². The van der Waals surface area contributed by atoms with Crippen LogP contribution in [0, 0.1) is 0 Å². The number of nitrogens with one attached hydrogen (secondary N) is 2. The van der Waals surface area contributed by atoms with Crippen molar-refractivity contribution in [3.8, 4) is 0 Å². The van der Waals surface area contributed by atoms with E-state index in [0.717, 1.165) is 11.3 Å². The summed E-state index contributed by atoms with van der Waals surface area (Å²) in [6.45, 7) is 3.88. The number of aromatic nitrogens is 2. The van der Waals surface area contributed by atoms with Crippen LogP contribution < -0.4 is 10.6 Å². The minimum absolute atomic E-state index is 0.0344. The molecular formula is C15H19N5O4S2. The predicted molar refractivity (Wildman–Crippen MR) is 97.4 cm³/mol. The minimum Gasteiger partial charge on any atom is -0.343 e. The smallest absolute Gasteiger partial charge is 0.251 e. The van der Waals surface area contributed by atoms with Gasteiger partial charge in [-0.1, -0.05) is 31.3 Å². The Morgan fingerprint density at radius 3 is 2.58 bits per heavy atom. The van der Waals surface area contributed by atoms with Gasteiger partial charge in [0.1, 0.15) is 5.51 Å². The lowest BCUT2D eigenvalue weighted by Crippen LogP contribution is -2.33. The predicted octanol–water partition coefficient (Wildman–Crippen LogP) is 0.937. The van der Waals surface area contributed by atoms with Gasteiger partial charge in [0.15, 0.2) is 0 Å². The molecule has 11 heteroatoms. The first-order valence-electron chi connectivity index (χ1n) is 7.83. The summed E-state index contributed by atoms with van der Waals surface area (Å²) in [6.07, 6.45) is 0. The Morgan fingerprint density at radius 2 is 1.96 bits per heavy atom. The van der Waals surface area contributed by atoms with E-state index < -0.39 is 21.8 Å². The van der Waals surface area contributed by atoms with Crippen molar-refractivity contribution >= 4 is 38.3 Å². The Hall–Kier alpha value is -2.37. The van der Waals surface area contributed by atoms with Crippen molar-refractivity contribution in [2.45, 2.75) is 18.7 Å². The molecule has 0 aliphatic heterocycles.